The molecule has 0 saturated heterocycles. The summed E-state index contributed by atoms with van der Waals surface area (Å²) < 4.78 is 2.27. The highest BCUT2D eigenvalue weighted by atomic mass is 16.3. The summed E-state index contributed by atoms with van der Waals surface area (Å²) >= 11 is 0. The first-order valence-corrected chi connectivity index (χ1v) is 8.61. The molecular weight excluding hydrogens is 282 g/mol. The van der Waals surface area contributed by atoms with Gasteiger partial charge in [0.25, 0.3) is 0 Å². The predicted octanol–water partition coefficient (Wildman–Crippen LogP) is 4.93. The Morgan fingerprint density at radius 1 is 0.826 bits per heavy atom. The normalized spacial score (nSPS) is 18.8. The maximum Gasteiger partial charge on any atom is 0.0895 e. The number of rotatable bonds is 3. The van der Waals surface area contributed by atoms with Crippen molar-refractivity contribution in [1.82, 2.24) is 4.57 Å². The van der Waals surface area contributed by atoms with Gasteiger partial charge in [0.2, 0.25) is 0 Å². The molecule has 2 aromatic carbocycles. The lowest BCUT2D eigenvalue weighted by Gasteiger charge is -2.40. The zero-order chi connectivity index (χ0) is 15.7. The fourth-order valence-electron chi connectivity index (χ4n) is 4.13. The average molecular weight is 305 g/mol. The van der Waals surface area contributed by atoms with Crippen LogP contribution in [0.15, 0.2) is 66.9 Å². The van der Waals surface area contributed by atoms with Crippen molar-refractivity contribution in [3.63, 3.8) is 0 Å². The predicted molar refractivity (Wildman–Crippen MR) is 94.6 cm³/mol. The van der Waals surface area contributed by atoms with Crippen LogP contribution in [0.2, 0.25) is 0 Å². The van der Waals surface area contributed by atoms with E-state index in [1.807, 2.05) is 6.07 Å². The van der Waals surface area contributed by atoms with Gasteiger partial charge in [0, 0.05) is 11.7 Å². The topological polar surface area (TPSA) is 25.2 Å². The van der Waals surface area contributed by atoms with Crippen LogP contribution >= 0.6 is 0 Å². The Morgan fingerprint density at radius 3 is 2.30 bits per heavy atom. The van der Waals surface area contributed by atoms with Gasteiger partial charge >= 0.3 is 0 Å². The van der Waals surface area contributed by atoms with Crippen molar-refractivity contribution in [3.05, 3.63) is 72.4 Å². The molecule has 1 unspecified atom stereocenters. The molecule has 1 atom stereocenters. The molecule has 4 rings (SSSR count). The molecule has 1 aliphatic rings. The highest BCUT2D eigenvalue weighted by molar-refractivity contribution is 5.80. The molecular formula is C21H23NO. The Morgan fingerprint density at radius 2 is 1.52 bits per heavy atom. The van der Waals surface area contributed by atoms with Crippen LogP contribution in [0.5, 0.6) is 0 Å². The Bertz CT molecular complexity index is 784. The van der Waals surface area contributed by atoms with Crippen molar-refractivity contribution < 1.29 is 5.11 Å². The standard InChI is InChI=1S/C21H23NO/c23-21(14-7-2-8-15-21)20(18-10-3-1-4-11-18)22-16-13-17-9-5-6-12-19(17)22/h1,3-6,9-13,16,20,23H,2,7-8,14-15H2. The number of nitrogens with zero attached hydrogens (tertiary/aromatic N) is 1. The van der Waals surface area contributed by atoms with E-state index in [0.29, 0.717) is 0 Å². The minimum absolute atomic E-state index is 0.0242. The monoisotopic (exact) mass is 305 g/mol. The van der Waals surface area contributed by atoms with Gasteiger partial charge in [-0.15, -0.1) is 0 Å². The summed E-state index contributed by atoms with van der Waals surface area (Å²) in [5.74, 6) is 0. The molecule has 0 spiro atoms. The van der Waals surface area contributed by atoms with Crippen molar-refractivity contribution in [1.29, 1.82) is 0 Å². The zero-order valence-electron chi connectivity index (χ0n) is 13.4. The zero-order valence-corrected chi connectivity index (χ0v) is 13.4. The third kappa shape index (κ3) is 2.57. The second kappa shape index (κ2) is 5.86. The van der Waals surface area contributed by atoms with Crippen LogP contribution in [0.25, 0.3) is 10.9 Å². The largest absolute Gasteiger partial charge is 0.387 e. The first-order valence-electron chi connectivity index (χ1n) is 8.61. The average Bonchev–Trinajstić information content (AvgIpc) is 3.00. The van der Waals surface area contributed by atoms with Crippen LogP contribution in [-0.4, -0.2) is 15.3 Å². The smallest absolute Gasteiger partial charge is 0.0895 e. The van der Waals surface area contributed by atoms with Crippen LogP contribution < -0.4 is 0 Å². The van der Waals surface area contributed by atoms with E-state index in [0.717, 1.165) is 25.7 Å². The fourth-order valence-corrected chi connectivity index (χ4v) is 4.13. The first-order chi connectivity index (χ1) is 11.3. The molecule has 0 amide bonds. The van der Waals surface area contributed by atoms with Gasteiger partial charge in [0.15, 0.2) is 0 Å². The second-order valence-corrected chi connectivity index (χ2v) is 6.76. The number of benzene rings is 2. The molecule has 0 radical (unpaired) electrons. The summed E-state index contributed by atoms with van der Waals surface area (Å²) in [4.78, 5) is 0. The van der Waals surface area contributed by atoms with E-state index in [2.05, 4.69) is 65.4 Å². The Labute approximate surface area is 137 Å². The highest BCUT2D eigenvalue weighted by Crippen LogP contribution is 2.42. The van der Waals surface area contributed by atoms with Gasteiger partial charge in [0.05, 0.1) is 11.6 Å². The van der Waals surface area contributed by atoms with Gasteiger partial charge in [-0.3, -0.25) is 0 Å². The Balaban J connectivity index is 1.88. The molecule has 23 heavy (non-hydrogen) atoms. The van der Waals surface area contributed by atoms with E-state index in [-0.39, 0.29) is 6.04 Å². The molecule has 1 fully saturated rings. The summed E-state index contributed by atoms with van der Waals surface area (Å²) in [6.07, 6.45) is 7.33. The summed E-state index contributed by atoms with van der Waals surface area (Å²) in [7, 11) is 0. The SMILES string of the molecule is OC1(C(c2ccccc2)n2ccc3ccccc32)CCCCC1. The Kier molecular flexibility index (Phi) is 3.70. The van der Waals surface area contributed by atoms with E-state index in [4.69, 9.17) is 0 Å². The lowest BCUT2D eigenvalue weighted by atomic mass is 9.76. The molecule has 118 valence electrons. The summed E-state index contributed by atoms with van der Waals surface area (Å²) in [6, 6.07) is 21.0. The lowest BCUT2D eigenvalue weighted by molar-refractivity contribution is -0.0291. The Hall–Kier alpha value is -2.06. The second-order valence-electron chi connectivity index (χ2n) is 6.76. The molecule has 1 aromatic heterocycles. The van der Waals surface area contributed by atoms with Gasteiger partial charge < -0.3 is 9.67 Å². The van der Waals surface area contributed by atoms with Gasteiger partial charge in [-0.1, -0.05) is 67.8 Å². The number of aliphatic hydroxyl groups is 1. The van der Waals surface area contributed by atoms with Crippen LogP contribution in [0.4, 0.5) is 0 Å². The van der Waals surface area contributed by atoms with Gasteiger partial charge in [-0.25, -0.2) is 0 Å². The third-order valence-corrected chi connectivity index (χ3v) is 5.25. The number of fused-ring (bicyclic) bond motifs is 1. The van der Waals surface area contributed by atoms with Crippen molar-refractivity contribution >= 4 is 10.9 Å². The quantitative estimate of drug-likeness (QED) is 0.729. The lowest BCUT2D eigenvalue weighted by Crippen LogP contribution is -2.41. The number of aromatic nitrogens is 1. The van der Waals surface area contributed by atoms with Crippen LogP contribution in [0, 0.1) is 0 Å². The molecule has 1 saturated carbocycles. The van der Waals surface area contributed by atoms with Crippen LogP contribution in [0.3, 0.4) is 0 Å². The number of para-hydroxylation sites is 1. The first kappa shape index (κ1) is 14.5. The number of hydrogen-bond acceptors (Lipinski definition) is 1. The molecule has 0 aliphatic heterocycles. The molecule has 3 aromatic rings. The van der Waals surface area contributed by atoms with E-state index >= 15 is 0 Å². The third-order valence-electron chi connectivity index (χ3n) is 5.25. The molecule has 0 bridgehead atoms. The van der Waals surface area contributed by atoms with E-state index in [1.54, 1.807) is 0 Å². The minimum atomic E-state index is -0.665. The molecule has 1 N–H and O–H groups in total. The number of hydrogen-bond donors (Lipinski definition) is 1. The van der Waals surface area contributed by atoms with Crippen molar-refractivity contribution in [3.8, 4) is 0 Å². The van der Waals surface area contributed by atoms with E-state index in [1.165, 1.54) is 22.9 Å². The molecule has 2 heteroatoms. The maximum absolute atomic E-state index is 11.5. The summed E-state index contributed by atoms with van der Waals surface area (Å²) in [6.45, 7) is 0. The van der Waals surface area contributed by atoms with Crippen molar-refractivity contribution in [2.45, 2.75) is 43.7 Å². The summed E-state index contributed by atoms with van der Waals surface area (Å²) in [5.41, 5.74) is 1.72. The minimum Gasteiger partial charge on any atom is -0.387 e. The van der Waals surface area contributed by atoms with Gasteiger partial charge in [0.1, 0.15) is 0 Å². The maximum atomic E-state index is 11.5. The summed E-state index contributed by atoms with van der Waals surface area (Å²) in [5, 5.41) is 12.7. The molecule has 2 nitrogen and oxygen atoms in total. The van der Waals surface area contributed by atoms with Gasteiger partial charge in [-0.2, -0.15) is 0 Å². The van der Waals surface area contributed by atoms with E-state index < -0.39 is 5.60 Å². The van der Waals surface area contributed by atoms with Crippen molar-refractivity contribution in [2.24, 2.45) is 0 Å². The van der Waals surface area contributed by atoms with Crippen LogP contribution in [0.1, 0.15) is 43.7 Å². The van der Waals surface area contributed by atoms with Crippen LogP contribution in [-0.2, 0) is 0 Å². The molecule has 1 aliphatic carbocycles. The van der Waals surface area contributed by atoms with Gasteiger partial charge in [-0.05, 0) is 35.9 Å². The molecule has 1 heterocycles. The highest BCUT2D eigenvalue weighted by Gasteiger charge is 2.40. The fraction of sp³-hybridized carbons (Fsp3) is 0.333. The van der Waals surface area contributed by atoms with Crippen molar-refractivity contribution in [2.75, 3.05) is 0 Å². The van der Waals surface area contributed by atoms with E-state index in [9.17, 15) is 5.11 Å².